The third-order valence-corrected chi connectivity index (χ3v) is 3.09. The molecule has 0 atom stereocenters. The average molecular weight is 245 g/mol. The van der Waals surface area contributed by atoms with Gasteiger partial charge in [0.15, 0.2) is 0 Å². The summed E-state index contributed by atoms with van der Waals surface area (Å²) in [6, 6.07) is 7.56. The van der Waals surface area contributed by atoms with Gasteiger partial charge in [-0.25, -0.2) is 0 Å². The number of nitriles is 1. The van der Waals surface area contributed by atoms with Crippen LogP contribution in [-0.4, -0.2) is 16.4 Å². The number of benzene rings is 1. The number of rotatable bonds is 3. The number of carbonyl (C=O) groups excluding carboxylic acids is 1. The van der Waals surface area contributed by atoms with E-state index in [0.29, 0.717) is 12.8 Å². The van der Waals surface area contributed by atoms with Gasteiger partial charge in [-0.2, -0.15) is 5.26 Å². The summed E-state index contributed by atoms with van der Waals surface area (Å²) in [5.41, 5.74) is -0.727. The van der Waals surface area contributed by atoms with E-state index in [4.69, 9.17) is 5.26 Å². The van der Waals surface area contributed by atoms with E-state index in [1.54, 1.807) is 0 Å². The molecule has 6 heteroatoms. The Labute approximate surface area is 103 Å². The normalized spacial score (nSPS) is 16.2. The maximum absolute atomic E-state index is 11.9. The molecular formula is C12H11N3O3. The van der Waals surface area contributed by atoms with Crippen molar-refractivity contribution in [1.29, 1.82) is 5.26 Å². The number of non-ortho nitro benzene ring substituents is 1. The van der Waals surface area contributed by atoms with Crippen LogP contribution in [0.1, 0.15) is 29.6 Å². The Morgan fingerprint density at radius 2 is 2.22 bits per heavy atom. The minimum Gasteiger partial charge on any atom is -0.334 e. The van der Waals surface area contributed by atoms with Crippen molar-refractivity contribution in [3.8, 4) is 6.07 Å². The van der Waals surface area contributed by atoms with Gasteiger partial charge in [-0.1, -0.05) is 6.07 Å². The highest BCUT2D eigenvalue weighted by Crippen LogP contribution is 2.31. The van der Waals surface area contributed by atoms with Crippen molar-refractivity contribution in [2.24, 2.45) is 0 Å². The molecule has 1 saturated carbocycles. The monoisotopic (exact) mass is 245 g/mol. The van der Waals surface area contributed by atoms with Crippen LogP contribution in [0.15, 0.2) is 24.3 Å². The molecule has 1 aliphatic rings. The van der Waals surface area contributed by atoms with E-state index >= 15 is 0 Å². The molecule has 1 amide bonds. The van der Waals surface area contributed by atoms with Gasteiger partial charge in [-0.05, 0) is 25.3 Å². The van der Waals surface area contributed by atoms with Crippen LogP contribution in [0, 0.1) is 21.4 Å². The molecule has 1 aromatic rings. The molecule has 0 spiro atoms. The number of carbonyl (C=O) groups is 1. The molecule has 1 fully saturated rings. The molecule has 0 aromatic heterocycles. The van der Waals surface area contributed by atoms with Gasteiger partial charge in [0.2, 0.25) is 0 Å². The van der Waals surface area contributed by atoms with Crippen molar-refractivity contribution < 1.29 is 9.72 Å². The first kappa shape index (κ1) is 12.0. The summed E-state index contributed by atoms with van der Waals surface area (Å²) in [6.45, 7) is 0. The molecule has 0 aliphatic heterocycles. The first-order valence-electron chi connectivity index (χ1n) is 5.54. The van der Waals surface area contributed by atoms with Gasteiger partial charge in [0, 0.05) is 17.7 Å². The zero-order chi connectivity index (χ0) is 13.2. The molecule has 18 heavy (non-hydrogen) atoms. The molecule has 0 unspecified atom stereocenters. The van der Waals surface area contributed by atoms with Crippen LogP contribution < -0.4 is 5.32 Å². The molecule has 0 radical (unpaired) electrons. The second-order valence-electron chi connectivity index (χ2n) is 4.31. The minimum atomic E-state index is -0.790. The van der Waals surface area contributed by atoms with Crippen molar-refractivity contribution in [3.63, 3.8) is 0 Å². The largest absolute Gasteiger partial charge is 0.334 e. The molecule has 1 aromatic carbocycles. The quantitative estimate of drug-likeness (QED) is 0.648. The molecular weight excluding hydrogens is 234 g/mol. The minimum absolute atomic E-state index is 0.137. The third-order valence-electron chi connectivity index (χ3n) is 3.09. The Kier molecular flexibility index (Phi) is 2.98. The summed E-state index contributed by atoms with van der Waals surface area (Å²) < 4.78 is 0. The highest BCUT2D eigenvalue weighted by molar-refractivity contribution is 5.95. The first-order valence-corrected chi connectivity index (χ1v) is 5.54. The summed E-state index contributed by atoms with van der Waals surface area (Å²) in [5, 5.41) is 22.2. The summed E-state index contributed by atoms with van der Waals surface area (Å²) in [7, 11) is 0. The molecule has 92 valence electrons. The predicted octanol–water partition coefficient (Wildman–Crippen LogP) is 1.77. The van der Waals surface area contributed by atoms with Crippen molar-refractivity contribution in [2.45, 2.75) is 24.8 Å². The number of nitrogens with one attached hydrogen (secondary N) is 1. The second kappa shape index (κ2) is 4.45. The van der Waals surface area contributed by atoms with Gasteiger partial charge >= 0.3 is 0 Å². The highest BCUT2D eigenvalue weighted by atomic mass is 16.6. The van der Waals surface area contributed by atoms with Crippen molar-refractivity contribution in [1.82, 2.24) is 5.32 Å². The van der Waals surface area contributed by atoms with Gasteiger partial charge in [0.05, 0.1) is 11.0 Å². The van der Waals surface area contributed by atoms with Gasteiger partial charge in [0.25, 0.3) is 11.6 Å². The van der Waals surface area contributed by atoms with Crippen LogP contribution in [-0.2, 0) is 0 Å². The van der Waals surface area contributed by atoms with E-state index in [2.05, 4.69) is 11.4 Å². The Morgan fingerprint density at radius 1 is 1.50 bits per heavy atom. The smallest absolute Gasteiger partial charge is 0.270 e. The SMILES string of the molecule is N#CC1(NC(=O)c2cccc([N+](=O)[O-])c2)CCC1. The molecule has 0 saturated heterocycles. The maximum atomic E-state index is 11.9. The summed E-state index contributed by atoms with van der Waals surface area (Å²) in [6.07, 6.45) is 2.16. The number of amides is 1. The number of nitro groups is 1. The fourth-order valence-electron chi connectivity index (χ4n) is 1.85. The fourth-order valence-corrected chi connectivity index (χ4v) is 1.85. The number of nitro benzene ring substituents is 1. The Morgan fingerprint density at radius 3 is 2.72 bits per heavy atom. The van der Waals surface area contributed by atoms with E-state index in [-0.39, 0.29) is 11.3 Å². The summed E-state index contributed by atoms with van der Waals surface area (Å²) in [5.74, 6) is -0.444. The van der Waals surface area contributed by atoms with Crippen LogP contribution >= 0.6 is 0 Å². The lowest BCUT2D eigenvalue weighted by molar-refractivity contribution is -0.384. The number of hydrogen-bond donors (Lipinski definition) is 1. The van der Waals surface area contributed by atoms with E-state index in [1.807, 2.05) is 0 Å². The lowest BCUT2D eigenvalue weighted by Crippen LogP contribution is -2.52. The molecule has 2 rings (SSSR count). The lowest BCUT2D eigenvalue weighted by atomic mass is 9.78. The van der Waals surface area contributed by atoms with Gasteiger partial charge in [-0.15, -0.1) is 0 Å². The fraction of sp³-hybridized carbons (Fsp3) is 0.333. The second-order valence-corrected chi connectivity index (χ2v) is 4.31. The third kappa shape index (κ3) is 2.15. The molecule has 0 bridgehead atoms. The van der Waals surface area contributed by atoms with E-state index in [0.717, 1.165) is 6.42 Å². The first-order chi connectivity index (χ1) is 8.56. The summed E-state index contributed by atoms with van der Waals surface area (Å²) in [4.78, 5) is 22.0. The van der Waals surface area contributed by atoms with Gasteiger partial charge in [0.1, 0.15) is 5.54 Å². The van der Waals surface area contributed by atoms with Crippen molar-refractivity contribution >= 4 is 11.6 Å². The average Bonchev–Trinajstić information content (AvgIpc) is 2.33. The topological polar surface area (TPSA) is 96.0 Å². The van der Waals surface area contributed by atoms with Crippen LogP contribution in [0.2, 0.25) is 0 Å². The number of nitrogens with zero attached hydrogens (tertiary/aromatic N) is 2. The molecule has 1 N–H and O–H groups in total. The Bertz CT molecular complexity index is 544. The summed E-state index contributed by atoms with van der Waals surface area (Å²) >= 11 is 0. The predicted molar refractivity (Wildman–Crippen MR) is 62.8 cm³/mol. The van der Waals surface area contributed by atoms with Gasteiger partial charge in [-0.3, -0.25) is 14.9 Å². The van der Waals surface area contributed by atoms with Crippen LogP contribution in [0.3, 0.4) is 0 Å². The van der Waals surface area contributed by atoms with E-state index in [9.17, 15) is 14.9 Å². The molecule has 6 nitrogen and oxygen atoms in total. The lowest BCUT2D eigenvalue weighted by Gasteiger charge is -2.35. The Balaban J connectivity index is 2.17. The van der Waals surface area contributed by atoms with Crippen molar-refractivity contribution in [3.05, 3.63) is 39.9 Å². The zero-order valence-electron chi connectivity index (χ0n) is 9.55. The van der Waals surface area contributed by atoms with E-state index < -0.39 is 16.4 Å². The molecule has 1 aliphatic carbocycles. The Hall–Kier alpha value is -2.42. The molecule has 0 heterocycles. The van der Waals surface area contributed by atoms with Crippen LogP contribution in [0.4, 0.5) is 5.69 Å². The van der Waals surface area contributed by atoms with Gasteiger partial charge < -0.3 is 5.32 Å². The highest BCUT2D eigenvalue weighted by Gasteiger charge is 2.38. The van der Waals surface area contributed by atoms with Crippen LogP contribution in [0.5, 0.6) is 0 Å². The number of hydrogen-bond acceptors (Lipinski definition) is 4. The van der Waals surface area contributed by atoms with Crippen LogP contribution in [0.25, 0.3) is 0 Å². The van der Waals surface area contributed by atoms with E-state index in [1.165, 1.54) is 24.3 Å². The standard InChI is InChI=1S/C12H11N3O3/c13-8-12(5-2-6-12)14-11(16)9-3-1-4-10(7-9)15(17)18/h1,3-4,7H,2,5-6H2,(H,14,16). The van der Waals surface area contributed by atoms with Crippen molar-refractivity contribution in [2.75, 3.05) is 0 Å². The zero-order valence-corrected chi connectivity index (χ0v) is 9.55. The maximum Gasteiger partial charge on any atom is 0.270 e.